The maximum absolute atomic E-state index is 11.9. The van der Waals surface area contributed by atoms with Gasteiger partial charge in [-0.2, -0.15) is 0 Å². The fourth-order valence-corrected chi connectivity index (χ4v) is 3.15. The summed E-state index contributed by atoms with van der Waals surface area (Å²) < 4.78 is 4.92. The van der Waals surface area contributed by atoms with E-state index in [4.69, 9.17) is 4.74 Å². The van der Waals surface area contributed by atoms with Crippen molar-refractivity contribution in [2.75, 3.05) is 7.11 Å². The maximum Gasteiger partial charge on any atom is 0.337 e. The number of carbonyl (C=O) groups excluding carboxylic acids is 1. The van der Waals surface area contributed by atoms with E-state index in [9.17, 15) is 4.79 Å². The topological polar surface area (TPSA) is 26.3 Å². The van der Waals surface area contributed by atoms with Gasteiger partial charge in [-0.25, -0.2) is 4.79 Å². The van der Waals surface area contributed by atoms with Gasteiger partial charge in [0.2, 0.25) is 0 Å². The van der Waals surface area contributed by atoms with Crippen LogP contribution in [0, 0.1) is 0 Å². The van der Waals surface area contributed by atoms with Crippen LogP contribution in [0.3, 0.4) is 0 Å². The molecule has 1 rings (SSSR count). The van der Waals surface area contributed by atoms with Crippen LogP contribution in [0.1, 0.15) is 99.5 Å². The van der Waals surface area contributed by atoms with Gasteiger partial charge >= 0.3 is 5.97 Å². The Labute approximate surface area is 149 Å². The van der Waals surface area contributed by atoms with Crippen molar-refractivity contribution in [1.29, 1.82) is 0 Å². The predicted molar refractivity (Wildman–Crippen MR) is 103 cm³/mol. The second-order valence-electron chi connectivity index (χ2n) is 6.86. The number of aryl methyl sites for hydroxylation is 2. The quantitative estimate of drug-likeness (QED) is 0.304. The van der Waals surface area contributed by atoms with E-state index < -0.39 is 0 Å². The van der Waals surface area contributed by atoms with Gasteiger partial charge in [-0.1, -0.05) is 71.3 Å². The standard InChI is InChI=1S/C22H36O2/c1-4-6-8-10-12-14-19-16-20(15-13-11-9-7-5-2)18-21(17-19)22(23)24-3/h16-18H,4-15H2,1-3H3. The number of benzene rings is 1. The van der Waals surface area contributed by atoms with Gasteiger partial charge in [-0.3, -0.25) is 0 Å². The molecule has 0 aliphatic heterocycles. The maximum atomic E-state index is 11.9. The van der Waals surface area contributed by atoms with E-state index in [-0.39, 0.29) is 5.97 Å². The van der Waals surface area contributed by atoms with Crippen molar-refractivity contribution < 1.29 is 9.53 Å². The molecule has 2 heteroatoms. The lowest BCUT2D eigenvalue weighted by molar-refractivity contribution is 0.0600. The van der Waals surface area contributed by atoms with Crippen LogP contribution in [0.2, 0.25) is 0 Å². The second-order valence-corrected chi connectivity index (χ2v) is 6.86. The Morgan fingerprint density at radius 3 is 1.62 bits per heavy atom. The molecule has 0 aliphatic rings. The van der Waals surface area contributed by atoms with Crippen LogP contribution in [0.15, 0.2) is 18.2 Å². The monoisotopic (exact) mass is 332 g/mol. The molecule has 136 valence electrons. The van der Waals surface area contributed by atoms with Gasteiger partial charge in [0.25, 0.3) is 0 Å². The van der Waals surface area contributed by atoms with Gasteiger partial charge in [0, 0.05) is 0 Å². The number of unbranched alkanes of at least 4 members (excludes halogenated alkanes) is 8. The highest BCUT2D eigenvalue weighted by atomic mass is 16.5. The lowest BCUT2D eigenvalue weighted by Gasteiger charge is -2.09. The van der Waals surface area contributed by atoms with Gasteiger partial charge in [0.05, 0.1) is 12.7 Å². The summed E-state index contributed by atoms with van der Waals surface area (Å²) in [6, 6.07) is 6.34. The van der Waals surface area contributed by atoms with E-state index in [0.29, 0.717) is 5.56 Å². The molecular weight excluding hydrogens is 296 g/mol. The van der Waals surface area contributed by atoms with Crippen LogP contribution >= 0.6 is 0 Å². The Morgan fingerprint density at radius 2 is 1.21 bits per heavy atom. The number of carbonyl (C=O) groups is 1. The minimum atomic E-state index is -0.213. The minimum absolute atomic E-state index is 0.213. The van der Waals surface area contributed by atoms with E-state index in [1.54, 1.807) is 0 Å². The number of hydrogen-bond donors (Lipinski definition) is 0. The van der Waals surface area contributed by atoms with Crippen molar-refractivity contribution in [3.05, 3.63) is 34.9 Å². The normalized spacial score (nSPS) is 10.8. The highest BCUT2D eigenvalue weighted by Crippen LogP contribution is 2.17. The zero-order valence-electron chi connectivity index (χ0n) is 16.0. The van der Waals surface area contributed by atoms with Crippen molar-refractivity contribution in [3.8, 4) is 0 Å². The number of methoxy groups -OCH3 is 1. The molecule has 24 heavy (non-hydrogen) atoms. The summed E-state index contributed by atoms with van der Waals surface area (Å²) in [5.41, 5.74) is 3.29. The van der Waals surface area contributed by atoms with Gasteiger partial charge < -0.3 is 4.74 Å². The van der Waals surface area contributed by atoms with Gasteiger partial charge in [0.1, 0.15) is 0 Å². The molecule has 0 bridgehead atoms. The van der Waals surface area contributed by atoms with Crippen molar-refractivity contribution in [2.24, 2.45) is 0 Å². The summed E-state index contributed by atoms with van der Waals surface area (Å²) in [4.78, 5) is 11.9. The van der Waals surface area contributed by atoms with E-state index in [1.165, 1.54) is 82.4 Å². The third kappa shape index (κ3) is 8.52. The van der Waals surface area contributed by atoms with E-state index in [0.717, 1.165) is 12.8 Å². The molecule has 0 saturated carbocycles. The molecular formula is C22H36O2. The highest BCUT2D eigenvalue weighted by Gasteiger charge is 2.09. The van der Waals surface area contributed by atoms with Gasteiger partial charge in [0.15, 0.2) is 0 Å². The lowest BCUT2D eigenvalue weighted by Crippen LogP contribution is -2.04. The van der Waals surface area contributed by atoms with Crippen molar-refractivity contribution in [1.82, 2.24) is 0 Å². The van der Waals surface area contributed by atoms with E-state index >= 15 is 0 Å². The smallest absolute Gasteiger partial charge is 0.337 e. The first-order chi connectivity index (χ1) is 11.7. The average molecular weight is 333 g/mol. The SMILES string of the molecule is CCCCCCCc1cc(CCCCCCC)cc(C(=O)OC)c1. The Kier molecular flexibility index (Phi) is 11.3. The van der Waals surface area contributed by atoms with Crippen molar-refractivity contribution >= 4 is 5.97 Å². The fourth-order valence-electron chi connectivity index (χ4n) is 3.15. The van der Waals surface area contributed by atoms with Crippen LogP contribution in [0.4, 0.5) is 0 Å². The van der Waals surface area contributed by atoms with Crippen LogP contribution in [-0.4, -0.2) is 13.1 Å². The molecule has 2 nitrogen and oxygen atoms in total. The van der Waals surface area contributed by atoms with Crippen molar-refractivity contribution in [3.63, 3.8) is 0 Å². The van der Waals surface area contributed by atoms with Crippen molar-refractivity contribution in [2.45, 2.75) is 90.9 Å². The molecule has 0 radical (unpaired) electrons. The first kappa shape index (κ1) is 20.7. The summed E-state index contributed by atoms with van der Waals surface area (Å²) in [5.74, 6) is -0.213. The third-order valence-electron chi connectivity index (χ3n) is 4.61. The van der Waals surface area contributed by atoms with Crippen LogP contribution < -0.4 is 0 Å². The zero-order valence-corrected chi connectivity index (χ0v) is 16.0. The largest absolute Gasteiger partial charge is 0.465 e. The Hall–Kier alpha value is -1.31. The summed E-state index contributed by atoms with van der Waals surface area (Å²) >= 11 is 0. The second kappa shape index (κ2) is 13.0. The van der Waals surface area contributed by atoms with E-state index in [2.05, 4.69) is 19.9 Å². The molecule has 0 aromatic heterocycles. The molecule has 0 heterocycles. The highest BCUT2D eigenvalue weighted by molar-refractivity contribution is 5.89. The molecule has 1 aromatic rings. The van der Waals surface area contributed by atoms with Crippen LogP contribution in [0.5, 0.6) is 0 Å². The Morgan fingerprint density at radius 1 is 0.750 bits per heavy atom. The number of ether oxygens (including phenoxy) is 1. The van der Waals surface area contributed by atoms with Crippen LogP contribution in [-0.2, 0) is 17.6 Å². The number of rotatable bonds is 13. The number of hydrogen-bond acceptors (Lipinski definition) is 2. The zero-order chi connectivity index (χ0) is 17.6. The summed E-state index contributed by atoms with van der Waals surface area (Å²) in [6.07, 6.45) is 15.0. The van der Waals surface area contributed by atoms with Gasteiger partial charge in [-0.15, -0.1) is 0 Å². The molecule has 0 saturated heterocycles. The molecule has 0 atom stereocenters. The Bertz CT molecular complexity index is 433. The molecule has 0 amide bonds. The molecule has 0 unspecified atom stereocenters. The minimum Gasteiger partial charge on any atom is -0.465 e. The summed E-state index contributed by atoms with van der Waals surface area (Å²) in [5, 5.41) is 0. The molecule has 0 fully saturated rings. The average Bonchev–Trinajstić information content (AvgIpc) is 2.60. The molecule has 0 spiro atoms. The first-order valence-corrected chi connectivity index (χ1v) is 9.92. The molecule has 0 N–H and O–H groups in total. The number of esters is 1. The summed E-state index contributed by atoms with van der Waals surface area (Å²) in [7, 11) is 1.46. The molecule has 0 aliphatic carbocycles. The van der Waals surface area contributed by atoms with Crippen LogP contribution in [0.25, 0.3) is 0 Å². The lowest BCUT2D eigenvalue weighted by atomic mass is 9.97. The summed E-state index contributed by atoms with van der Waals surface area (Å²) in [6.45, 7) is 4.49. The predicted octanol–water partition coefficient (Wildman–Crippen LogP) is 6.50. The van der Waals surface area contributed by atoms with E-state index in [1.807, 2.05) is 12.1 Å². The Balaban J connectivity index is 2.60. The third-order valence-corrected chi connectivity index (χ3v) is 4.61. The van der Waals surface area contributed by atoms with Gasteiger partial charge in [-0.05, 0) is 48.9 Å². The molecule has 1 aromatic carbocycles. The fraction of sp³-hybridized carbons (Fsp3) is 0.682. The first-order valence-electron chi connectivity index (χ1n) is 9.92.